The summed E-state index contributed by atoms with van der Waals surface area (Å²) in [6, 6.07) is 10.2. The van der Waals surface area contributed by atoms with Crippen LogP contribution in [0.15, 0.2) is 36.5 Å². The van der Waals surface area contributed by atoms with Crippen LogP contribution in [0.2, 0.25) is 0 Å². The Morgan fingerprint density at radius 1 is 1.27 bits per heavy atom. The maximum Gasteiger partial charge on any atom is 0.123 e. The Kier molecular flexibility index (Phi) is 4.86. The van der Waals surface area contributed by atoms with Crippen LogP contribution in [0.25, 0.3) is 10.6 Å². The van der Waals surface area contributed by atoms with Gasteiger partial charge in [-0.3, -0.25) is 9.58 Å². The second-order valence-electron chi connectivity index (χ2n) is 6.64. The van der Waals surface area contributed by atoms with Crippen molar-refractivity contribution in [3.05, 3.63) is 58.4 Å². The van der Waals surface area contributed by atoms with Crippen LogP contribution in [0.5, 0.6) is 0 Å². The van der Waals surface area contributed by atoms with Crippen molar-refractivity contribution < 1.29 is 10.2 Å². The molecule has 1 aliphatic rings. The Balaban J connectivity index is 1.46. The van der Waals surface area contributed by atoms with Gasteiger partial charge in [0.1, 0.15) is 11.1 Å². The van der Waals surface area contributed by atoms with E-state index >= 15 is 0 Å². The second-order valence-corrected chi connectivity index (χ2v) is 7.75. The highest BCUT2D eigenvalue weighted by molar-refractivity contribution is 7.15. The molecule has 0 amide bonds. The van der Waals surface area contributed by atoms with E-state index in [9.17, 15) is 5.11 Å². The predicted octanol–water partition coefficient (Wildman–Crippen LogP) is 2.36. The first-order valence-corrected chi connectivity index (χ1v) is 9.54. The van der Waals surface area contributed by atoms with Crippen LogP contribution >= 0.6 is 11.3 Å². The minimum Gasteiger partial charge on any atom is -0.393 e. The molecular formula is C19H22N4O2S. The monoisotopic (exact) mass is 370 g/mol. The summed E-state index contributed by atoms with van der Waals surface area (Å²) >= 11 is 1.74. The zero-order chi connectivity index (χ0) is 18.1. The molecule has 0 radical (unpaired) electrons. The van der Waals surface area contributed by atoms with Gasteiger partial charge in [0.15, 0.2) is 0 Å². The van der Waals surface area contributed by atoms with Crippen LogP contribution in [0.3, 0.4) is 0 Å². The lowest BCUT2D eigenvalue weighted by atomic mass is 10.1. The molecule has 1 aliphatic heterocycles. The first kappa shape index (κ1) is 17.4. The third-order valence-corrected chi connectivity index (χ3v) is 5.73. The van der Waals surface area contributed by atoms with E-state index in [-0.39, 0.29) is 6.61 Å². The average Bonchev–Trinajstić information content (AvgIpc) is 3.28. The summed E-state index contributed by atoms with van der Waals surface area (Å²) in [6.45, 7) is 5.14. The predicted molar refractivity (Wildman–Crippen MR) is 101 cm³/mol. The van der Waals surface area contributed by atoms with Gasteiger partial charge in [-0.1, -0.05) is 24.3 Å². The highest BCUT2D eigenvalue weighted by atomic mass is 32.1. The Morgan fingerprint density at radius 2 is 2.12 bits per heavy atom. The van der Waals surface area contributed by atoms with Crippen LogP contribution < -0.4 is 0 Å². The molecule has 0 aliphatic carbocycles. The van der Waals surface area contributed by atoms with Crippen LogP contribution in [0, 0.1) is 6.92 Å². The van der Waals surface area contributed by atoms with Gasteiger partial charge in [-0.15, -0.1) is 11.3 Å². The molecule has 2 aromatic heterocycles. The van der Waals surface area contributed by atoms with E-state index in [1.165, 1.54) is 16.0 Å². The summed E-state index contributed by atoms with van der Waals surface area (Å²) in [5.74, 6) is 0. The quantitative estimate of drug-likeness (QED) is 0.721. The van der Waals surface area contributed by atoms with Crippen molar-refractivity contribution in [3.63, 3.8) is 0 Å². The van der Waals surface area contributed by atoms with Crippen molar-refractivity contribution in [1.82, 2.24) is 19.7 Å². The topological polar surface area (TPSA) is 74.4 Å². The molecule has 26 heavy (non-hydrogen) atoms. The van der Waals surface area contributed by atoms with Crippen molar-refractivity contribution in [2.45, 2.75) is 32.7 Å². The lowest BCUT2D eigenvalue weighted by molar-refractivity contribution is 0.0915. The summed E-state index contributed by atoms with van der Waals surface area (Å²) < 4.78 is 1.93. The van der Waals surface area contributed by atoms with Crippen LogP contribution in [0.4, 0.5) is 0 Å². The van der Waals surface area contributed by atoms with Gasteiger partial charge in [-0.2, -0.15) is 5.10 Å². The number of aliphatic hydroxyl groups is 2. The third kappa shape index (κ3) is 3.43. The minimum atomic E-state index is -0.903. The molecule has 3 aromatic rings. The molecule has 0 saturated carbocycles. The first-order valence-electron chi connectivity index (χ1n) is 8.72. The zero-order valence-electron chi connectivity index (χ0n) is 14.7. The summed E-state index contributed by atoms with van der Waals surface area (Å²) in [4.78, 5) is 8.21. The van der Waals surface area contributed by atoms with Gasteiger partial charge in [-0.05, 0) is 18.6 Å². The SMILES string of the molecule is Cc1ccccc1-c1ncc(CN2CCn3nc(C(O)CO)cc3C2)s1. The number of hydrogen-bond donors (Lipinski definition) is 2. The fourth-order valence-electron chi connectivity index (χ4n) is 3.27. The fourth-order valence-corrected chi connectivity index (χ4v) is 4.32. The van der Waals surface area contributed by atoms with Crippen molar-refractivity contribution in [1.29, 1.82) is 0 Å². The first-order chi connectivity index (χ1) is 12.6. The molecule has 2 N–H and O–H groups in total. The molecule has 1 aromatic carbocycles. The number of aromatic nitrogens is 3. The number of hydrogen-bond acceptors (Lipinski definition) is 6. The average molecular weight is 370 g/mol. The van der Waals surface area contributed by atoms with Gasteiger partial charge in [0.25, 0.3) is 0 Å². The molecule has 7 heteroatoms. The molecule has 136 valence electrons. The van der Waals surface area contributed by atoms with E-state index in [4.69, 9.17) is 5.11 Å². The van der Waals surface area contributed by atoms with Gasteiger partial charge in [0.05, 0.1) is 24.5 Å². The molecule has 1 unspecified atom stereocenters. The molecular weight excluding hydrogens is 348 g/mol. The largest absolute Gasteiger partial charge is 0.393 e. The maximum atomic E-state index is 9.77. The lowest BCUT2D eigenvalue weighted by Gasteiger charge is -2.26. The Bertz CT molecular complexity index is 905. The summed E-state index contributed by atoms with van der Waals surface area (Å²) in [5, 5.41) is 24.3. The highest BCUT2D eigenvalue weighted by Gasteiger charge is 2.21. The van der Waals surface area contributed by atoms with Gasteiger partial charge < -0.3 is 10.2 Å². The van der Waals surface area contributed by atoms with Crippen molar-refractivity contribution >= 4 is 11.3 Å². The van der Waals surface area contributed by atoms with Gasteiger partial charge in [-0.25, -0.2) is 4.98 Å². The molecule has 1 atom stereocenters. The smallest absolute Gasteiger partial charge is 0.123 e. The Labute approximate surface area is 156 Å². The number of thiazole rings is 1. The number of nitrogens with zero attached hydrogens (tertiary/aromatic N) is 4. The van der Waals surface area contributed by atoms with Crippen molar-refractivity contribution in [3.8, 4) is 10.6 Å². The molecule has 3 heterocycles. The van der Waals surface area contributed by atoms with Crippen LogP contribution in [-0.4, -0.2) is 43.0 Å². The number of benzene rings is 1. The highest BCUT2D eigenvalue weighted by Crippen LogP contribution is 2.29. The van der Waals surface area contributed by atoms with Gasteiger partial charge >= 0.3 is 0 Å². The van der Waals surface area contributed by atoms with Crippen LogP contribution in [0.1, 0.15) is 27.9 Å². The van der Waals surface area contributed by atoms with E-state index in [0.29, 0.717) is 5.69 Å². The molecule has 4 rings (SSSR count). The zero-order valence-corrected chi connectivity index (χ0v) is 15.5. The molecule has 0 bridgehead atoms. The van der Waals surface area contributed by atoms with E-state index in [1.54, 1.807) is 11.3 Å². The Morgan fingerprint density at radius 3 is 2.92 bits per heavy atom. The van der Waals surface area contributed by atoms with Crippen molar-refractivity contribution in [2.75, 3.05) is 13.2 Å². The molecule has 0 saturated heterocycles. The second kappa shape index (κ2) is 7.28. The maximum absolute atomic E-state index is 9.77. The number of aliphatic hydroxyl groups excluding tert-OH is 2. The summed E-state index contributed by atoms with van der Waals surface area (Å²) in [5.41, 5.74) is 4.06. The van der Waals surface area contributed by atoms with Gasteiger partial charge in [0.2, 0.25) is 0 Å². The normalized spacial score (nSPS) is 15.8. The lowest BCUT2D eigenvalue weighted by Crippen LogP contribution is -2.33. The van der Waals surface area contributed by atoms with E-state index in [1.807, 2.05) is 29.1 Å². The van der Waals surface area contributed by atoms with E-state index in [0.717, 1.165) is 36.9 Å². The molecule has 0 spiro atoms. The number of aryl methyl sites for hydroxylation is 1. The fraction of sp³-hybridized carbons (Fsp3) is 0.368. The Hall–Kier alpha value is -2.06. The van der Waals surface area contributed by atoms with E-state index in [2.05, 4.69) is 34.0 Å². The molecule has 0 fully saturated rings. The van der Waals surface area contributed by atoms with Crippen molar-refractivity contribution in [2.24, 2.45) is 0 Å². The summed E-state index contributed by atoms with van der Waals surface area (Å²) in [7, 11) is 0. The standard InChI is InChI=1S/C19H22N4O2S/c1-13-4-2-3-5-16(13)19-20-9-15(26-19)11-22-6-7-23-14(10-22)8-17(21-23)18(25)12-24/h2-5,8-9,18,24-25H,6-7,10-12H2,1H3. The minimum absolute atomic E-state index is 0.303. The summed E-state index contributed by atoms with van der Waals surface area (Å²) in [6.07, 6.45) is 1.07. The number of rotatable bonds is 5. The van der Waals surface area contributed by atoms with Crippen LogP contribution in [-0.2, 0) is 19.6 Å². The molecule has 6 nitrogen and oxygen atoms in total. The van der Waals surface area contributed by atoms with Gasteiger partial charge in [0, 0.05) is 36.3 Å². The third-order valence-electron chi connectivity index (χ3n) is 4.72. The van der Waals surface area contributed by atoms with E-state index < -0.39 is 6.10 Å². The number of fused-ring (bicyclic) bond motifs is 1.